The fourth-order valence-corrected chi connectivity index (χ4v) is 1.09. The van der Waals surface area contributed by atoms with Gasteiger partial charge in [0, 0.05) is 11.5 Å². The summed E-state index contributed by atoms with van der Waals surface area (Å²) in [4.78, 5) is 11.4. The average molecular weight is 211 g/mol. The van der Waals surface area contributed by atoms with Crippen molar-refractivity contribution in [3.63, 3.8) is 0 Å². The predicted molar refractivity (Wildman–Crippen MR) is 57.8 cm³/mol. The number of nitrogen functional groups attached to an aromatic ring is 1. The third-order valence-electron chi connectivity index (χ3n) is 1.95. The van der Waals surface area contributed by atoms with Crippen LogP contribution in [0, 0.1) is 0 Å². The Morgan fingerprint density at radius 3 is 2.60 bits per heavy atom. The van der Waals surface area contributed by atoms with Crippen LogP contribution in [0.3, 0.4) is 0 Å². The number of nitrogens with two attached hydrogens (primary N) is 1. The number of carbonyl (C=O) groups excluding carboxylic acids is 1. The van der Waals surface area contributed by atoms with Crippen molar-refractivity contribution < 1.29 is 9.53 Å². The number of hydrogen-bond acceptors (Lipinski definition) is 4. The van der Waals surface area contributed by atoms with E-state index in [1.807, 2.05) is 20.8 Å². The Kier molecular flexibility index (Phi) is 3.02. The van der Waals surface area contributed by atoms with Gasteiger partial charge in [-0.05, 0) is 6.92 Å². The van der Waals surface area contributed by atoms with Gasteiger partial charge in [-0.1, -0.05) is 20.8 Å². The second-order valence-electron chi connectivity index (χ2n) is 4.32. The maximum absolute atomic E-state index is 11.4. The Morgan fingerprint density at radius 2 is 2.20 bits per heavy atom. The van der Waals surface area contributed by atoms with E-state index < -0.39 is 6.09 Å². The third kappa shape index (κ3) is 2.49. The van der Waals surface area contributed by atoms with E-state index in [1.54, 1.807) is 13.0 Å². The van der Waals surface area contributed by atoms with Gasteiger partial charge in [0.2, 0.25) is 0 Å². The highest BCUT2D eigenvalue weighted by molar-refractivity contribution is 5.73. The Balaban J connectivity index is 3.02. The van der Waals surface area contributed by atoms with Gasteiger partial charge in [0.1, 0.15) is 5.82 Å². The van der Waals surface area contributed by atoms with E-state index in [0.717, 1.165) is 10.4 Å². The lowest BCUT2D eigenvalue weighted by Crippen LogP contribution is -2.19. The normalized spacial score (nSPS) is 11.5. The first-order valence-corrected chi connectivity index (χ1v) is 4.89. The largest absolute Gasteiger partial charge is 0.448 e. The Morgan fingerprint density at radius 1 is 1.60 bits per heavy atom. The molecule has 5 heteroatoms. The van der Waals surface area contributed by atoms with Crippen molar-refractivity contribution in [1.29, 1.82) is 0 Å². The third-order valence-corrected chi connectivity index (χ3v) is 1.95. The minimum atomic E-state index is -0.537. The minimum absolute atomic E-state index is 0.133. The number of anilines is 1. The molecule has 1 aromatic heterocycles. The summed E-state index contributed by atoms with van der Waals surface area (Å²) < 4.78 is 5.90. The average Bonchev–Trinajstić information content (AvgIpc) is 2.47. The highest BCUT2D eigenvalue weighted by atomic mass is 16.6. The van der Waals surface area contributed by atoms with Crippen LogP contribution in [-0.2, 0) is 10.2 Å². The second-order valence-corrected chi connectivity index (χ2v) is 4.32. The molecule has 0 atom stereocenters. The molecule has 1 aromatic rings. The number of rotatable bonds is 1. The first-order valence-electron chi connectivity index (χ1n) is 4.89. The Labute approximate surface area is 89.2 Å². The molecular formula is C10H17N3O2. The number of aromatic nitrogens is 2. The zero-order valence-electron chi connectivity index (χ0n) is 9.57. The second kappa shape index (κ2) is 3.92. The van der Waals surface area contributed by atoms with Crippen molar-refractivity contribution in [2.24, 2.45) is 0 Å². The van der Waals surface area contributed by atoms with Gasteiger partial charge < -0.3 is 10.5 Å². The van der Waals surface area contributed by atoms with E-state index in [-0.39, 0.29) is 5.41 Å². The molecule has 84 valence electrons. The number of ether oxygens (including phenoxy) is 1. The molecule has 0 radical (unpaired) electrons. The van der Waals surface area contributed by atoms with Gasteiger partial charge in [-0.3, -0.25) is 0 Å². The molecule has 1 heterocycles. The van der Waals surface area contributed by atoms with E-state index in [2.05, 4.69) is 5.10 Å². The number of hydrogen-bond donors (Lipinski definition) is 1. The summed E-state index contributed by atoms with van der Waals surface area (Å²) in [6, 6.07) is 1.69. The van der Waals surface area contributed by atoms with E-state index in [1.165, 1.54) is 0 Å². The molecule has 0 aliphatic rings. The summed E-state index contributed by atoms with van der Waals surface area (Å²) in [5.74, 6) is 0.304. The van der Waals surface area contributed by atoms with Crippen LogP contribution in [0.4, 0.5) is 10.6 Å². The first kappa shape index (κ1) is 11.6. The monoisotopic (exact) mass is 211 g/mol. The minimum Gasteiger partial charge on any atom is -0.448 e. The van der Waals surface area contributed by atoms with Gasteiger partial charge in [0.05, 0.1) is 12.3 Å². The molecule has 0 amide bonds. The summed E-state index contributed by atoms with van der Waals surface area (Å²) in [6.07, 6.45) is -0.537. The van der Waals surface area contributed by atoms with Gasteiger partial charge in [0.15, 0.2) is 0 Å². The molecule has 0 saturated heterocycles. The van der Waals surface area contributed by atoms with Gasteiger partial charge in [-0.2, -0.15) is 5.10 Å². The van der Waals surface area contributed by atoms with Crippen molar-refractivity contribution in [3.8, 4) is 0 Å². The van der Waals surface area contributed by atoms with E-state index in [9.17, 15) is 4.79 Å². The summed E-state index contributed by atoms with van der Waals surface area (Å²) in [7, 11) is 0. The molecule has 0 bridgehead atoms. The van der Waals surface area contributed by atoms with Gasteiger partial charge >= 0.3 is 6.09 Å². The highest BCUT2D eigenvalue weighted by Crippen LogP contribution is 2.22. The molecule has 5 nitrogen and oxygen atoms in total. The lowest BCUT2D eigenvalue weighted by atomic mass is 9.92. The molecular weight excluding hydrogens is 194 g/mol. The highest BCUT2D eigenvalue weighted by Gasteiger charge is 2.21. The van der Waals surface area contributed by atoms with Crippen molar-refractivity contribution in [3.05, 3.63) is 11.8 Å². The molecule has 1 rings (SSSR count). The van der Waals surface area contributed by atoms with Crippen LogP contribution in [0.25, 0.3) is 0 Å². The molecule has 0 aliphatic heterocycles. The summed E-state index contributed by atoms with van der Waals surface area (Å²) >= 11 is 0. The first-order chi connectivity index (χ1) is 6.86. The van der Waals surface area contributed by atoms with E-state index in [0.29, 0.717) is 12.4 Å². The summed E-state index contributed by atoms with van der Waals surface area (Å²) in [5, 5.41) is 4.12. The zero-order chi connectivity index (χ0) is 11.6. The summed E-state index contributed by atoms with van der Waals surface area (Å²) in [6.45, 7) is 8.06. The van der Waals surface area contributed by atoms with E-state index in [4.69, 9.17) is 10.5 Å². The number of carbonyl (C=O) groups is 1. The Hall–Kier alpha value is -1.52. The van der Waals surface area contributed by atoms with Crippen LogP contribution in [0.5, 0.6) is 0 Å². The van der Waals surface area contributed by atoms with Crippen molar-refractivity contribution in [1.82, 2.24) is 9.78 Å². The van der Waals surface area contributed by atoms with Crippen LogP contribution in [0.2, 0.25) is 0 Å². The quantitative estimate of drug-likeness (QED) is 0.768. The molecule has 0 fully saturated rings. The smallest absolute Gasteiger partial charge is 0.436 e. The maximum Gasteiger partial charge on any atom is 0.436 e. The zero-order valence-corrected chi connectivity index (χ0v) is 9.57. The number of nitrogens with zero attached hydrogens (tertiary/aromatic N) is 2. The van der Waals surface area contributed by atoms with Crippen LogP contribution in [-0.4, -0.2) is 22.5 Å². The molecule has 0 unspecified atom stereocenters. The standard InChI is InChI=1S/C10H17N3O2/c1-5-15-9(14)13-8(11)6-7(12-13)10(2,3)4/h6H,5,11H2,1-4H3. The van der Waals surface area contributed by atoms with Crippen molar-refractivity contribution in [2.75, 3.05) is 12.3 Å². The van der Waals surface area contributed by atoms with Gasteiger partial charge in [0.25, 0.3) is 0 Å². The summed E-state index contributed by atoms with van der Waals surface area (Å²) in [5.41, 5.74) is 6.31. The van der Waals surface area contributed by atoms with Crippen LogP contribution in [0.1, 0.15) is 33.4 Å². The van der Waals surface area contributed by atoms with Crippen LogP contribution >= 0.6 is 0 Å². The lowest BCUT2D eigenvalue weighted by Gasteiger charge is -2.13. The molecule has 0 saturated carbocycles. The molecule has 0 aliphatic carbocycles. The molecule has 0 spiro atoms. The topological polar surface area (TPSA) is 70.1 Å². The lowest BCUT2D eigenvalue weighted by molar-refractivity contribution is 0.151. The van der Waals surface area contributed by atoms with Crippen LogP contribution in [0.15, 0.2) is 6.07 Å². The SMILES string of the molecule is CCOC(=O)n1nc(C(C)(C)C)cc1N. The molecule has 2 N–H and O–H groups in total. The van der Waals surface area contributed by atoms with Crippen molar-refractivity contribution in [2.45, 2.75) is 33.1 Å². The molecule has 15 heavy (non-hydrogen) atoms. The predicted octanol–water partition coefficient (Wildman–Crippen LogP) is 1.77. The molecule has 0 aromatic carbocycles. The fourth-order valence-electron chi connectivity index (χ4n) is 1.09. The van der Waals surface area contributed by atoms with Gasteiger partial charge in [-0.25, -0.2) is 4.79 Å². The van der Waals surface area contributed by atoms with E-state index >= 15 is 0 Å². The van der Waals surface area contributed by atoms with Crippen LogP contribution < -0.4 is 5.73 Å². The Bertz CT molecular complexity index is 363. The maximum atomic E-state index is 11.4. The van der Waals surface area contributed by atoms with Gasteiger partial charge in [-0.15, -0.1) is 4.68 Å². The van der Waals surface area contributed by atoms with Crippen molar-refractivity contribution >= 4 is 11.9 Å². The fraction of sp³-hybridized carbons (Fsp3) is 0.600.